The number of nitrogens with one attached hydrogen (secondary N) is 1. The van der Waals surface area contributed by atoms with Crippen LogP contribution in [0.5, 0.6) is 17.2 Å². The molecule has 1 N–H and O–H groups in total. The van der Waals surface area contributed by atoms with E-state index >= 15 is 0 Å². The Labute approximate surface area is 169 Å². The maximum Gasteiger partial charge on any atom is 0.343 e. The van der Waals surface area contributed by atoms with Gasteiger partial charge in [0.1, 0.15) is 12.4 Å². The molecule has 0 aliphatic carbocycles. The highest BCUT2D eigenvalue weighted by atomic mass is 16.5. The molecule has 3 aromatic carbocycles. The molecule has 0 heterocycles. The van der Waals surface area contributed by atoms with Crippen molar-refractivity contribution in [2.24, 2.45) is 0 Å². The molecule has 148 valence electrons. The van der Waals surface area contributed by atoms with Gasteiger partial charge in [0.15, 0.2) is 11.5 Å². The van der Waals surface area contributed by atoms with Gasteiger partial charge in [0, 0.05) is 12.6 Å². The normalized spacial score (nSPS) is 10.1. The fraction of sp³-hybridized carbons (Fsp3) is 0.130. The third-order valence-electron chi connectivity index (χ3n) is 4.04. The topological polar surface area (TPSA) is 73.9 Å². The van der Waals surface area contributed by atoms with Gasteiger partial charge in [-0.05, 0) is 54.1 Å². The van der Waals surface area contributed by atoms with E-state index in [0.29, 0.717) is 35.1 Å². The zero-order chi connectivity index (χ0) is 20.6. The number of carbonyl (C=O) groups is 2. The molecule has 0 aliphatic rings. The molecule has 3 aromatic rings. The van der Waals surface area contributed by atoms with Gasteiger partial charge in [0.05, 0.1) is 12.7 Å². The summed E-state index contributed by atoms with van der Waals surface area (Å²) in [6.07, 6.45) is 0. The average Bonchev–Trinajstić information content (AvgIpc) is 2.74. The molecule has 0 unspecified atom stereocenters. The van der Waals surface area contributed by atoms with Crippen LogP contribution in [0, 0.1) is 0 Å². The number of carbonyl (C=O) groups excluding carboxylic acids is 2. The number of hydrogen-bond acceptors (Lipinski definition) is 5. The Kier molecular flexibility index (Phi) is 6.47. The van der Waals surface area contributed by atoms with Crippen LogP contribution >= 0.6 is 0 Å². The maximum absolute atomic E-state index is 12.3. The van der Waals surface area contributed by atoms with Crippen LogP contribution < -0.4 is 19.5 Å². The summed E-state index contributed by atoms with van der Waals surface area (Å²) in [6.45, 7) is 1.78. The number of anilines is 1. The van der Waals surface area contributed by atoms with E-state index in [1.165, 1.54) is 6.92 Å². The number of benzene rings is 3. The lowest BCUT2D eigenvalue weighted by molar-refractivity contribution is -0.114. The van der Waals surface area contributed by atoms with E-state index in [0.717, 1.165) is 5.56 Å². The van der Waals surface area contributed by atoms with Gasteiger partial charge in [-0.1, -0.05) is 24.3 Å². The molecule has 0 fully saturated rings. The summed E-state index contributed by atoms with van der Waals surface area (Å²) in [5.74, 6) is 1.09. The molecule has 1 amide bonds. The van der Waals surface area contributed by atoms with E-state index < -0.39 is 5.97 Å². The number of rotatable bonds is 7. The van der Waals surface area contributed by atoms with Crippen LogP contribution in [-0.4, -0.2) is 19.0 Å². The van der Waals surface area contributed by atoms with Crippen LogP contribution in [0.15, 0.2) is 72.8 Å². The predicted octanol–water partition coefficient (Wildman–Crippen LogP) is 4.45. The first kappa shape index (κ1) is 19.9. The van der Waals surface area contributed by atoms with Crippen LogP contribution in [0.25, 0.3) is 0 Å². The first-order valence-corrected chi connectivity index (χ1v) is 9.00. The van der Waals surface area contributed by atoms with Crippen LogP contribution in [0.2, 0.25) is 0 Å². The zero-order valence-corrected chi connectivity index (χ0v) is 16.2. The Morgan fingerprint density at radius 1 is 0.862 bits per heavy atom. The fourth-order valence-electron chi connectivity index (χ4n) is 2.61. The number of para-hydroxylation sites is 2. The van der Waals surface area contributed by atoms with Gasteiger partial charge < -0.3 is 19.5 Å². The molecule has 0 saturated carbocycles. The molecule has 0 bridgehead atoms. The van der Waals surface area contributed by atoms with Crippen molar-refractivity contribution in [2.75, 3.05) is 12.4 Å². The number of methoxy groups -OCH3 is 1. The van der Waals surface area contributed by atoms with E-state index in [9.17, 15) is 9.59 Å². The summed E-state index contributed by atoms with van der Waals surface area (Å²) in [6, 6.07) is 21.0. The van der Waals surface area contributed by atoms with Gasteiger partial charge >= 0.3 is 5.97 Å². The number of esters is 1. The van der Waals surface area contributed by atoms with Crippen molar-refractivity contribution in [1.82, 2.24) is 0 Å². The van der Waals surface area contributed by atoms with Crippen molar-refractivity contribution in [1.29, 1.82) is 0 Å². The molecule has 0 saturated heterocycles. The number of amides is 1. The van der Waals surface area contributed by atoms with Gasteiger partial charge in [-0.15, -0.1) is 0 Å². The first-order valence-electron chi connectivity index (χ1n) is 9.00. The third-order valence-corrected chi connectivity index (χ3v) is 4.04. The highest BCUT2D eigenvalue weighted by molar-refractivity contribution is 5.91. The third kappa shape index (κ3) is 5.59. The summed E-state index contributed by atoms with van der Waals surface area (Å²) in [5, 5.41) is 2.66. The minimum absolute atomic E-state index is 0.162. The molecule has 6 nitrogen and oxygen atoms in total. The molecule has 0 atom stereocenters. The number of hydrogen-bond donors (Lipinski definition) is 1. The fourth-order valence-corrected chi connectivity index (χ4v) is 2.61. The Bertz CT molecular complexity index is 981. The van der Waals surface area contributed by atoms with Crippen LogP contribution in [0.3, 0.4) is 0 Å². The Hall–Kier alpha value is -3.80. The monoisotopic (exact) mass is 391 g/mol. The molecule has 0 radical (unpaired) electrons. The SMILES string of the molecule is COc1ccccc1OCc1ccc(C(=O)Oc2ccc(NC(C)=O)cc2)cc1. The summed E-state index contributed by atoms with van der Waals surface area (Å²) >= 11 is 0. The predicted molar refractivity (Wildman–Crippen MR) is 109 cm³/mol. The largest absolute Gasteiger partial charge is 0.493 e. The minimum atomic E-state index is -0.463. The Morgan fingerprint density at radius 2 is 1.52 bits per heavy atom. The van der Waals surface area contributed by atoms with Gasteiger partial charge in [-0.3, -0.25) is 4.79 Å². The van der Waals surface area contributed by atoms with E-state index in [-0.39, 0.29) is 5.91 Å². The summed E-state index contributed by atoms with van der Waals surface area (Å²) in [4.78, 5) is 23.3. The highest BCUT2D eigenvalue weighted by Gasteiger charge is 2.09. The van der Waals surface area contributed by atoms with E-state index in [4.69, 9.17) is 14.2 Å². The lowest BCUT2D eigenvalue weighted by Crippen LogP contribution is -2.09. The second kappa shape index (κ2) is 9.41. The lowest BCUT2D eigenvalue weighted by atomic mass is 10.1. The van der Waals surface area contributed by atoms with Crippen molar-refractivity contribution < 1.29 is 23.8 Å². The van der Waals surface area contributed by atoms with Crippen LogP contribution in [0.1, 0.15) is 22.8 Å². The zero-order valence-electron chi connectivity index (χ0n) is 16.2. The van der Waals surface area contributed by atoms with Crippen molar-refractivity contribution in [2.45, 2.75) is 13.5 Å². The molecule has 0 aliphatic heterocycles. The minimum Gasteiger partial charge on any atom is -0.493 e. The van der Waals surface area contributed by atoms with Gasteiger partial charge in [-0.2, -0.15) is 0 Å². The van der Waals surface area contributed by atoms with Crippen LogP contribution in [0.4, 0.5) is 5.69 Å². The number of ether oxygens (including phenoxy) is 3. The Balaban J connectivity index is 1.57. The molecular weight excluding hydrogens is 370 g/mol. The van der Waals surface area contributed by atoms with E-state index in [1.807, 2.05) is 36.4 Å². The van der Waals surface area contributed by atoms with E-state index in [1.54, 1.807) is 43.5 Å². The molecule has 0 aromatic heterocycles. The molecular formula is C23H21NO5. The molecule has 6 heteroatoms. The van der Waals surface area contributed by atoms with Gasteiger partial charge in [0.25, 0.3) is 0 Å². The molecule has 3 rings (SSSR count). The quantitative estimate of drug-likeness (QED) is 0.476. The van der Waals surface area contributed by atoms with Crippen LogP contribution in [-0.2, 0) is 11.4 Å². The van der Waals surface area contributed by atoms with E-state index in [2.05, 4.69) is 5.32 Å². The first-order chi connectivity index (χ1) is 14.0. The average molecular weight is 391 g/mol. The van der Waals surface area contributed by atoms with Gasteiger partial charge in [-0.25, -0.2) is 4.79 Å². The van der Waals surface area contributed by atoms with Crippen molar-refractivity contribution >= 4 is 17.6 Å². The summed E-state index contributed by atoms with van der Waals surface area (Å²) in [5.41, 5.74) is 1.97. The molecule has 29 heavy (non-hydrogen) atoms. The maximum atomic E-state index is 12.3. The Morgan fingerprint density at radius 3 is 2.14 bits per heavy atom. The summed E-state index contributed by atoms with van der Waals surface area (Å²) in [7, 11) is 1.59. The second-order valence-electron chi connectivity index (χ2n) is 6.23. The second-order valence-corrected chi connectivity index (χ2v) is 6.23. The lowest BCUT2D eigenvalue weighted by Gasteiger charge is -2.10. The van der Waals surface area contributed by atoms with Crippen molar-refractivity contribution in [3.8, 4) is 17.2 Å². The highest BCUT2D eigenvalue weighted by Crippen LogP contribution is 2.26. The molecule has 0 spiro atoms. The summed E-state index contributed by atoms with van der Waals surface area (Å²) < 4.78 is 16.4. The van der Waals surface area contributed by atoms with Gasteiger partial charge in [0.2, 0.25) is 5.91 Å². The standard InChI is InChI=1S/C23H21NO5/c1-16(25)24-19-11-13-20(14-12-19)29-23(26)18-9-7-17(8-10-18)15-28-22-6-4-3-5-21(22)27-2/h3-14H,15H2,1-2H3,(H,24,25). The smallest absolute Gasteiger partial charge is 0.343 e. The van der Waals surface area contributed by atoms with Crippen molar-refractivity contribution in [3.05, 3.63) is 83.9 Å². The van der Waals surface area contributed by atoms with Crippen molar-refractivity contribution in [3.63, 3.8) is 0 Å².